The summed E-state index contributed by atoms with van der Waals surface area (Å²) < 4.78 is 19.1. The van der Waals surface area contributed by atoms with Crippen molar-refractivity contribution in [2.75, 3.05) is 0 Å². The third kappa shape index (κ3) is 2.48. The molecule has 0 bridgehead atoms. The fraction of sp³-hybridized carbons (Fsp3) is 0.600. The van der Waals surface area contributed by atoms with Crippen molar-refractivity contribution < 1.29 is 13.8 Å². The molecule has 0 radical (unpaired) electrons. The zero-order chi connectivity index (χ0) is 16.1. The Morgan fingerprint density at radius 2 is 1.77 bits per heavy atom. The standard InChI is InChI=1S/C15H22BN3O3/c1-10-13(11(2)20-18-10)9-19-8-12(7-17-19)16-21-14(3,4)15(5,6)22-16/h7-8H,9H2,1-6H3. The second-order valence-corrected chi connectivity index (χ2v) is 6.86. The third-order valence-corrected chi connectivity index (χ3v) is 4.68. The third-order valence-electron chi connectivity index (χ3n) is 4.68. The van der Waals surface area contributed by atoms with Crippen LogP contribution in [0.5, 0.6) is 0 Å². The average Bonchev–Trinajstić information content (AvgIpc) is 3.04. The molecule has 1 aliphatic heterocycles. The first-order chi connectivity index (χ1) is 10.2. The molecule has 1 fully saturated rings. The minimum atomic E-state index is -0.386. The van der Waals surface area contributed by atoms with Gasteiger partial charge in [0.05, 0.1) is 23.4 Å². The summed E-state index contributed by atoms with van der Waals surface area (Å²) in [6.45, 7) is 12.6. The lowest BCUT2D eigenvalue weighted by molar-refractivity contribution is 0.00578. The molecule has 2 aromatic rings. The molecule has 22 heavy (non-hydrogen) atoms. The minimum absolute atomic E-state index is 0.346. The van der Waals surface area contributed by atoms with Gasteiger partial charge in [-0.2, -0.15) is 5.10 Å². The summed E-state index contributed by atoms with van der Waals surface area (Å²) >= 11 is 0. The van der Waals surface area contributed by atoms with Gasteiger partial charge in [0.1, 0.15) is 5.76 Å². The number of nitrogens with zero attached hydrogens (tertiary/aromatic N) is 3. The Balaban J connectivity index is 1.78. The van der Waals surface area contributed by atoms with Crippen LogP contribution in [0.1, 0.15) is 44.7 Å². The summed E-state index contributed by atoms with van der Waals surface area (Å²) in [4.78, 5) is 0. The quantitative estimate of drug-likeness (QED) is 0.810. The number of aryl methyl sites for hydroxylation is 2. The minimum Gasteiger partial charge on any atom is -0.399 e. The van der Waals surface area contributed by atoms with E-state index in [1.54, 1.807) is 6.20 Å². The summed E-state index contributed by atoms with van der Waals surface area (Å²) in [6.07, 6.45) is 3.74. The molecular weight excluding hydrogens is 281 g/mol. The van der Waals surface area contributed by atoms with E-state index in [4.69, 9.17) is 13.8 Å². The van der Waals surface area contributed by atoms with Gasteiger partial charge in [-0.25, -0.2) is 0 Å². The van der Waals surface area contributed by atoms with Crippen LogP contribution < -0.4 is 5.46 Å². The summed E-state index contributed by atoms with van der Waals surface area (Å²) in [6, 6.07) is 0. The Hall–Kier alpha value is -1.60. The fourth-order valence-electron chi connectivity index (χ4n) is 2.46. The summed E-state index contributed by atoms with van der Waals surface area (Å²) in [5.41, 5.74) is 2.18. The number of aromatic nitrogens is 3. The van der Waals surface area contributed by atoms with Crippen LogP contribution in [0.2, 0.25) is 0 Å². The van der Waals surface area contributed by atoms with Gasteiger partial charge in [0.25, 0.3) is 0 Å². The first-order valence-electron chi connectivity index (χ1n) is 7.49. The summed E-state index contributed by atoms with van der Waals surface area (Å²) in [7, 11) is -0.386. The monoisotopic (exact) mass is 303 g/mol. The van der Waals surface area contributed by atoms with Crippen LogP contribution in [0.3, 0.4) is 0 Å². The van der Waals surface area contributed by atoms with Crippen molar-refractivity contribution in [1.29, 1.82) is 0 Å². The molecule has 0 aliphatic carbocycles. The zero-order valence-corrected chi connectivity index (χ0v) is 14.0. The molecule has 0 saturated carbocycles. The molecule has 0 unspecified atom stereocenters. The van der Waals surface area contributed by atoms with E-state index in [1.165, 1.54) is 0 Å². The lowest BCUT2D eigenvalue weighted by Gasteiger charge is -2.32. The maximum Gasteiger partial charge on any atom is 0.498 e. The van der Waals surface area contributed by atoms with Gasteiger partial charge < -0.3 is 13.8 Å². The molecule has 0 atom stereocenters. The molecule has 3 heterocycles. The molecule has 0 N–H and O–H groups in total. The van der Waals surface area contributed by atoms with Crippen molar-refractivity contribution in [3.63, 3.8) is 0 Å². The molecular formula is C15H22BN3O3. The average molecular weight is 303 g/mol. The van der Waals surface area contributed by atoms with Crippen LogP contribution in [-0.4, -0.2) is 33.3 Å². The molecule has 0 amide bonds. The normalized spacial score (nSPS) is 19.8. The van der Waals surface area contributed by atoms with Gasteiger partial charge in [-0.05, 0) is 41.5 Å². The lowest BCUT2D eigenvalue weighted by atomic mass is 9.82. The van der Waals surface area contributed by atoms with E-state index in [0.29, 0.717) is 6.54 Å². The van der Waals surface area contributed by atoms with Gasteiger partial charge in [-0.15, -0.1) is 0 Å². The van der Waals surface area contributed by atoms with Crippen molar-refractivity contribution >= 4 is 12.6 Å². The molecule has 1 saturated heterocycles. The molecule has 3 rings (SSSR count). The number of hydrogen-bond donors (Lipinski definition) is 0. The lowest BCUT2D eigenvalue weighted by Crippen LogP contribution is -2.41. The molecule has 2 aromatic heterocycles. The van der Waals surface area contributed by atoms with Crippen LogP contribution in [0.25, 0.3) is 0 Å². The molecule has 6 nitrogen and oxygen atoms in total. The van der Waals surface area contributed by atoms with Crippen LogP contribution in [-0.2, 0) is 15.9 Å². The van der Waals surface area contributed by atoms with Crippen molar-refractivity contribution in [1.82, 2.24) is 14.9 Å². The Bertz CT molecular complexity index is 655. The van der Waals surface area contributed by atoms with Gasteiger partial charge in [0, 0.05) is 23.4 Å². The second kappa shape index (κ2) is 4.96. The molecule has 0 aromatic carbocycles. The Morgan fingerprint density at radius 3 is 2.32 bits per heavy atom. The molecule has 118 valence electrons. The van der Waals surface area contributed by atoms with E-state index in [-0.39, 0.29) is 18.3 Å². The predicted octanol–water partition coefficient (Wildman–Crippen LogP) is 1.84. The second-order valence-electron chi connectivity index (χ2n) is 6.86. The van der Waals surface area contributed by atoms with Crippen molar-refractivity contribution in [2.45, 2.75) is 59.3 Å². The highest BCUT2D eigenvalue weighted by atomic mass is 16.7. The van der Waals surface area contributed by atoms with Gasteiger partial charge >= 0.3 is 7.12 Å². The highest BCUT2D eigenvalue weighted by Crippen LogP contribution is 2.36. The van der Waals surface area contributed by atoms with Gasteiger partial charge in [0.15, 0.2) is 0 Å². The first-order valence-corrected chi connectivity index (χ1v) is 7.49. The maximum atomic E-state index is 6.04. The van der Waals surface area contributed by atoms with Crippen molar-refractivity contribution in [3.8, 4) is 0 Å². The van der Waals surface area contributed by atoms with E-state index < -0.39 is 0 Å². The largest absolute Gasteiger partial charge is 0.498 e. The number of rotatable bonds is 3. The van der Waals surface area contributed by atoms with Crippen LogP contribution in [0.4, 0.5) is 0 Å². The highest BCUT2D eigenvalue weighted by Gasteiger charge is 2.52. The van der Waals surface area contributed by atoms with Crippen molar-refractivity contribution in [3.05, 3.63) is 29.4 Å². The Labute approximate surface area is 130 Å². The van der Waals surface area contributed by atoms with Crippen LogP contribution >= 0.6 is 0 Å². The first kappa shape index (κ1) is 15.3. The van der Waals surface area contributed by atoms with E-state index in [0.717, 1.165) is 22.5 Å². The highest BCUT2D eigenvalue weighted by molar-refractivity contribution is 6.61. The van der Waals surface area contributed by atoms with E-state index in [2.05, 4.69) is 10.3 Å². The van der Waals surface area contributed by atoms with E-state index in [9.17, 15) is 0 Å². The topological polar surface area (TPSA) is 62.3 Å². The molecule has 1 aliphatic rings. The smallest absolute Gasteiger partial charge is 0.399 e. The fourth-order valence-corrected chi connectivity index (χ4v) is 2.46. The van der Waals surface area contributed by atoms with E-state index >= 15 is 0 Å². The van der Waals surface area contributed by atoms with E-state index in [1.807, 2.05) is 52.4 Å². The Kier molecular flexibility index (Phi) is 3.45. The van der Waals surface area contributed by atoms with Gasteiger partial charge in [-0.3, -0.25) is 4.68 Å². The van der Waals surface area contributed by atoms with Crippen molar-refractivity contribution in [2.24, 2.45) is 0 Å². The van der Waals surface area contributed by atoms with Crippen LogP contribution in [0, 0.1) is 13.8 Å². The maximum absolute atomic E-state index is 6.04. The van der Waals surface area contributed by atoms with Crippen LogP contribution in [0.15, 0.2) is 16.9 Å². The Morgan fingerprint density at radius 1 is 1.14 bits per heavy atom. The summed E-state index contributed by atoms with van der Waals surface area (Å²) in [5, 5.41) is 8.37. The predicted molar refractivity (Wildman–Crippen MR) is 83.0 cm³/mol. The van der Waals surface area contributed by atoms with Gasteiger partial charge in [-0.1, -0.05) is 5.16 Å². The van der Waals surface area contributed by atoms with Gasteiger partial charge in [0.2, 0.25) is 0 Å². The zero-order valence-electron chi connectivity index (χ0n) is 14.0. The molecule has 0 spiro atoms. The molecule has 7 heteroatoms. The summed E-state index contributed by atoms with van der Waals surface area (Å²) in [5.74, 6) is 0.824. The number of hydrogen-bond acceptors (Lipinski definition) is 5. The SMILES string of the molecule is Cc1noc(C)c1Cn1cc(B2OC(C)(C)C(C)(C)O2)cn1.